The van der Waals surface area contributed by atoms with Crippen molar-refractivity contribution in [2.24, 2.45) is 0 Å². The third-order valence-electron chi connectivity index (χ3n) is 5.71. The molecule has 0 saturated heterocycles. The summed E-state index contributed by atoms with van der Waals surface area (Å²) >= 11 is 0. The van der Waals surface area contributed by atoms with Crippen LogP contribution in [0.5, 0.6) is 0 Å². The number of nitrogens with zero attached hydrogens (tertiary/aromatic N) is 1. The fraction of sp³-hybridized carbons (Fsp3) is 0.917. The summed E-state index contributed by atoms with van der Waals surface area (Å²) in [5.74, 6) is -1.18. The minimum Gasteiger partial charge on any atom is -0.544 e. The fourth-order valence-electron chi connectivity index (χ4n) is 3.63. The number of quaternary nitrogens is 1. The number of hydrogen-bond acceptors (Lipinski definition) is 3. The van der Waals surface area contributed by atoms with E-state index in [-0.39, 0.29) is 16.9 Å². The second-order valence-electron chi connectivity index (χ2n) is 9.45. The highest BCUT2D eigenvalue weighted by Crippen LogP contribution is 2.13. The third-order valence-corrected chi connectivity index (χ3v) is 5.71. The average molecular weight is 413 g/mol. The van der Waals surface area contributed by atoms with E-state index in [1.165, 1.54) is 83.5 Å². The molecule has 0 spiro atoms. The number of carbonyl (C=O) groups excluding carboxylic acids is 2. The second-order valence-corrected chi connectivity index (χ2v) is 9.45. The van der Waals surface area contributed by atoms with E-state index < -0.39 is 12.0 Å². The third kappa shape index (κ3) is 17.5. The Kier molecular flexibility index (Phi) is 17.1. The first-order valence-corrected chi connectivity index (χ1v) is 12.1. The summed E-state index contributed by atoms with van der Waals surface area (Å²) in [6.07, 6.45) is 20.0. The zero-order valence-electron chi connectivity index (χ0n) is 19.8. The lowest BCUT2D eigenvalue weighted by atomic mass is 10.0. The molecule has 0 fully saturated rings. The largest absolute Gasteiger partial charge is 0.544 e. The van der Waals surface area contributed by atoms with Crippen LogP contribution in [0.4, 0.5) is 0 Å². The molecule has 0 bridgehead atoms. The van der Waals surface area contributed by atoms with Gasteiger partial charge in [-0.1, -0.05) is 96.8 Å². The van der Waals surface area contributed by atoms with Crippen LogP contribution in [-0.2, 0) is 9.59 Å². The number of nitrogens with one attached hydrogen (secondary N) is 1. The maximum Gasteiger partial charge on any atom is 0.220 e. The first-order chi connectivity index (χ1) is 13.8. The number of carboxylic acids is 1. The highest BCUT2D eigenvalue weighted by atomic mass is 16.4. The molecule has 0 aromatic rings. The summed E-state index contributed by atoms with van der Waals surface area (Å²) in [7, 11) is 5.38. The van der Waals surface area contributed by atoms with E-state index in [2.05, 4.69) is 12.2 Å². The van der Waals surface area contributed by atoms with E-state index in [4.69, 9.17) is 0 Å². The molecule has 0 aromatic heterocycles. The number of rotatable bonds is 20. The molecule has 0 heterocycles. The summed E-state index contributed by atoms with van der Waals surface area (Å²) in [5.41, 5.74) is 0. The zero-order chi connectivity index (χ0) is 22.0. The van der Waals surface area contributed by atoms with E-state index in [0.717, 1.165) is 12.8 Å². The van der Waals surface area contributed by atoms with Crippen molar-refractivity contribution in [1.29, 1.82) is 0 Å². The summed E-state index contributed by atoms with van der Waals surface area (Å²) in [4.78, 5) is 23.1. The van der Waals surface area contributed by atoms with E-state index in [9.17, 15) is 14.7 Å². The molecule has 1 atom stereocenters. The van der Waals surface area contributed by atoms with Crippen LogP contribution in [0.3, 0.4) is 0 Å². The van der Waals surface area contributed by atoms with Gasteiger partial charge in [0.1, 0.15) is 12.0 Å². The second kappa shape index (κ2) is 17.7. The van der Waals surface area contributed by atoms with Gasteiger partial charge in [-0.25, -0.2) is 0 Å². The molecule has 0 aliphatic carbocycles. The quantitative estimate of drug-likeness (QED) is 0.241. The van der Waals surface area contributed by atoms with Crippen LogP contribution in [0.15, 0.2) is 0 Å². The predicted octanol–water partition coefficient (Wildman–Crippen LogP) is 4.19. The van der Waals surface area contributed by atoms with Gasteiger partial charge in [-0.2, -0.15) is 0 Å². The van der Waals surface area contributed by atoms with Crippen molar-refractivity contribution in [2.45, 2.75) is 116 Å². The lowest BCUT2D eigenvalue weighted by Crippen LogP contribution is -2.59. The van der Waals surface area contributed by atoms with Gasteiger partial charge >= 0.3 is 0 Å². The number of hydrogen-bond donors (Lipinski definition) is 1. The van der Waals surface area contributed by atoms with Gasteiger partial charge in [0.05, 0.1) is 27.7 Å². The van der Waals surface area contributed by atoms with Gasteiger partial charge in [-0.05, 0) is 6.42 Å². The fourth-order valence-corrected chi connectivity index (χ4v) is 3.63. The van der Waals surface area contributed by atoms with E-state index >= 15 is 0 Å². The molecule has 0 radical (unpaired) electrons. The molecule has 0 aliphatic heterocycles. The summed E-state index contributed by atoms with van der Waals surface area (Å²) in [5, 5.41) is 13.9. The van der Waals surface area contributed by atoms with E-state index in [1.807, 2.05) is 0 Å². The maximum absolute atomic E-state index is 11.9. The minimum absolute atomic E-state index is 0.0561. The van der Waals surface area contributed by atoms with Gasteiger partial charge in [0.25, 0.3) is 0 Å². The van der Waals surface area contributed by atoms with Crippen LogP contribution in [0.2, 0.25) is 0 Å². The van der Waals surface area contributed by atoms with Gasteiger partial charge < -0.3 is 19.7 Å². The summed E-state index contributed by atoms with van der Waals surface area (Å²) in [6, 6.07) is -0.722. The van der Waals surface area contributed by atoms with Gasteiger partial charge in [-0.15, -0.1) is 0 Å². The molecule has 1 N–H and O–H groups in total. The van der Waals surface area contributed by atoms with Crippen molar-refractivity contribution in [2.75, 3.05) is 27.7 Å². The van der Waals surface area contributed by atoms with Crippen molar-refractivity contribution < 1.29 is 19.2 Å². The van der Waals surface area contributed by atoms with Crippen LogP contribution >= 0.6 is 0 Å². The Bertz CT molecular complexity index is 419. The Morgan fingerprint density at radius 2 is 1.10 bits per heavy atom. The molecule has 0 aromatic carbocycles. The first kappa shape index (κ1) is 27.9. The smallest absolute Gasteiger partial charge is 0.220 e. The zero-order valence-corrected chi connectivity index (χ0v) is 19.8. The first-order valence-electron chi connectivity index (χ1n) is 12.1. The predicted molar refractivity (Wildman–Crippen MR) is 119 cm³/mol. The molecule has 0 saturated carbocycles. The summed E-state index contributed by atoms with van der Waals surface area (Å²) < 4.78 is 0.238. The molecule has 5 heteroatoms. The average Bonchev–Trinajstić information content (AvgIpc) is 2.63. The lowest BCUT2D eigenvalue weighted by Gasteiger charge is -2.34. The normalized spacial score (nSPS) is 12.7. The van der Waals surface area contributed by atoms with Crippen LogP contribution in [0.25, 0.3) is 0 Å². The van der Waals surface area contributed by atoms with E-state index in [1.54, 1.807) is 21.1 Å². The number of likely N-dealkylation sites (N-methyl/N-ethyl adjacent to an activating group) is 1. The number of unbranched alkanes of at least 4 members (excludes halogenated alkanes) is 14. The molecule has 172 valence electrons. The highest BCUT2D eigenvalue weighted by Gasteiger charge is 2.25. The molecule has 29 heavy (non-hydrogen) atoms. The molecule has 5 nitrogen and oxygen atoms in total. The van der Waals surface area contributed by atoms with Gasteiger partial charge in [0, 0.05) is 6.42 Å². The van der Waals surface area contributed by atoms with Crippen LogP contribution < -0.4 is 10.4 Å². The summed E-state index contributed by atoms with van der Waals surface area (Å²) in [6.45, 7) is 2.39. The highest BCUT2D eigenvalue weighted by molar-refractivity contribution is 5.77. The maximum atomic E-state index is 11.9. The molecular weight excluding hydrogens is 364 g/mol. The van der Waals surface area contributed by atoms with Crippen molar-refractivity contribution in [3.05, 3.63) is 0 Å². The Balaban J connectivity index is 3.44. The van der Waals surface area contributed by atoms with Crippen molar-refractivity contribution in [3.63, 3.8) is 0 Å². The van der Waals surface area contributed by atoms with Crippen molar-refractivity contribution in [3.8, 4) is 0 Å². The van der Waals surface area contributed by atoms with E-state index in [0.29, 0.717) is 6.42 Å². The van der Waals surface area contributed by atoms with Gasteiger partial charge in [-0.3, -0.25) is 4.79 Å². The van der Waals surface area contributed by atoms with Gasteiger partial charge in [0.2, 0.25) is 5.91 Å². The topological polar surface area (TPSA) is 69.2 Å². The van der Waals surface area contributed by atoms with Crippen LogP contribution in [0.1, 0.15) is 110 Å². The lowest BCUT2D eigenvalue weighted by molar-refractivity contribution is -0.888. The number of carbonyl (C=O) groups is 2. The Labute approximate surface area is 180 Å². The number of amides is 1. The number of aliphatic carboxylic acids is 1. The Hall–Kier alpha value is -1.10. The molecular formula is C24H48N2O3. The monoisotopic (exact) mass is 412 g/mol. The van der Waals surface area contributed by atoms with Gasteiger partial charge in [0.15, 0.2) is 0 Å². The number of carboxylic acid groups (broad SMARTS) is 1. The minimum atomic E-state index is -1.12. The van der Waals surface area contributed by atoms with Crippen molar-refractivity contribution >= 4 is 11.9 Å². The standard InChI is InChI=1S/C24H48N2O3/c1-5-6-7-8-9-10-11-12-13-14-15-16-17-18-19-20-23(27)25-21-22(24(28)29)26(2,3)4/h22H,5-21H2,1-4H3,(H-,25,27,28,29). The Morgan fingerprint density at radius 1 is 0.724 bits per heavy atom. The SMILES string of the molecule is CCCCCCCCCCCCCCCCCC(=O)NCC(C(=O)[O-])[N+](C)(C)C. The van der Waals surface area contributed by atoms with Crippen LogP contribution in [-0.4, -0.2) is 50.1 Å². The Morgan fingerprint density at radius 3 is 1.45 bits per heavy atom. The molecule has 0 aliphatic rings. The molecule has 1 unspecified atom stereocenters. The molecule has 1 amide bonds. The van der Waals surface area contributed by atoms with Crippen molar-refractivity contribution in [1.82, 2.24) is 5.32 Å². The van der Waals surface area contributed by atoms with Crippen LogP contribution in [0, 0.1) is 0 Å². The molecule has 0 rings (SSSR count).